The molecule has 3 aromatic rings. The first-order valence-electron chi connectivity index (χ1n) is 11.4. The van der Waals surface area contributed by atoms with E-state index in [0.717, 1.165) is 22.6 Å². The monoisotopic (exact) mass is 500 g/mol. The number of halogens is 1. The molecule has 0 radical (unpaired) electrons. The third kappa shape index (κ3) is 5.19. The van der Waals surface area contributed by atoms with Gasteiger partial charge in [-0.2, -0.15) is 4.31 Å². The number of nitrogens with zero attached hydrogens (tertiary/aromatic N) is 4. The summed E-state index contributed by atoms with van der Waals surface area (Å²) < 4.78 is 34.2. The van der Waals surface area contributed by atoms with Gasteiger partial charge in [-0.15, -0.1) is 10.2 Å². The van der Waals surface area contributed by atoms with Crippen molar-refractivity contribution in [2.75, 3.05) is 37.7 Å². The highest BCUT2D eigenvalue weighted by Crippen LogP contribution is 2.31. The SMILES string of the molecule is CCOc1ccc(C(C)C)cc1S(=O)(=O)N1CCN(c2ccc(-c3ccc(Cl)cc3)nn2)CC1. The lowest BCUT2D eigenvalue weighted by Gasteiger charge is -2.34. The van der Waals surface area contributed by atoms with Gasteiger partial charge in [0.2, 0.25) is 10.0 Å². The van der Waals surface area contributed by atoms with Crippen LogP contribution in [0.2, 0.25) is 5.02 Å². The van der Waals surface area contributed by atoms with E-state index in [1.165, 1.54) is 4.31 Å². The van der Waals surface area contributed by atoms with Gasteiger partial charge in [0.05, 0.1) is 12.3 Å². The number of rotatable bonds is 7. The van der Waals surface area contributed by atoms with Crippen LogP contribution in [0.4, 0.5) is 5.82 Å². The van der Waals surface area contributed by atoms with Crippen molar-refractivity contribution in [3.63, 3.8) is 0 Å². The summed E-state index contributed by atoms with van der Waals surface area (Å²) in [6, 6.07) is 16.7. The molecular formula is C25H29ClN4O3S. The Morgan fingerprint density at radius 1 is 0.971 bits per heavy atom. The van der Waals surface area contributed by atoms with Gasteiger partial charge >= 0.3 is 0 Å². The summed E-state index contributed by atoms with van der Waals surface area (Å²) in [6.07, 6.45) is 0. The first-order chi connectivity index (χ1) is 16.3. The Bertz CT molecular complexity index is 1220. The van der Waals surface area contributed by atoms with E-state index < -0.39 is 10.0 Å². The molecule has 1 aliphatic heterocycles. The average molecular weight is 501 g/mol. The van der Waals surface area contributed by atoms with E-state index >= 15 is 0 Å². The number of sulfonamides is 1. The minimum absolute atomic E-state index is 0.218. The van der Waals surface area contributed by atoms with Gasteiger partial charge in [-0.05, 0) is 54.8 Å². The highest BCUT2D eigenvalue weighted by molar-refractivity contribution is 7.89. The van der Waals surface area contributed by atoms with Crippen LogP contribution in [0.5, 0.6) is 5.75 Å². The van der Waals surface area contributed by atoms with Crippen LogP contribution in [-0.2, 0) is 10.0 Å². The maximum atomic E-state index is 13.5. The molecule has 2 aromatic carbocycles. The van der Waals surface area contributed by atoms with Crippen molar-refractivity contribution in [2.24, 2.45) is 0 Å². The number of ether oxygens (including phenoxy) is 1. The first kappa shape index (κ1) is 24.4. The van der Waals surface area contributed by atoms with Gasteiger partial charge < -0.3 is 9.64 Å². The highest BCUT2D eigenvalue weighted by Gasteiger charge is 2.32. The molecule has 1 aliphatic rings. The molecule has 0 atom stereocenters. The van der Waals surface area contributed by atoms with Crippen molar-refractivity contribution in [1.82, 2.24) is 14.5 Å². The summed E-state index contributed by atoms with van der Waals surface area (Å²) in [5, 5.41) is 9.39. The molecule has 0 unspecified atom stereocenters. The quantitative estimate of drug-likeness (QED) is 0.462. The Labute approximate surface area is 206 Å². The van der Waals surface area contributed by atoms with Gasteiger partial charge in [-0.1, -0.05) is 43.6 Å². The van der Waals surface area contributed by atoms with Crippen LogP contribution in [-0.4, -0.2) is 55.7 Å². The third-order valence-corrected chi connectivity index (χ3v) is 8.08. The van der Waals surface area contributed by atoms with Crippen molar-refractivity contribution in [3.8, 4) is 17.0 Å². The predicted molar refractivity (Wildman–Crippen MR) is 135 cm³/mol. The number of benzene rings is 2. The van der Waals surface area contributed by atoms with Crippen LogP contribution in [0.3, 0.4) is 0 Å². The zero-order valence-corrected chi connectivity index (χ0v) is 21.2. The van der Waals surface area contributed by atoms with Gasteiger partial charge in [0.1, 0.15) is 10.6 Å². The summed E-state index contributed by atoms with van der Waals surface area (Å²) in [5.41, 5.74) is 2.67. The average Bonchev–Trinajstić information content (AvgIpc) is 2.85. The maximum absolute atomic E-state index is 13.5. The molecule has 0 aliphatic carbocycles. The standard InChI is InChI=1S/C25H29ClN4O3S/c1-4-33-23-11-7-20(18(2)3)17-24(23)34(31,32)30-15-13-29(14-16-30)25-12-10-22(27-28-25)19-5-8-21(26)9-6-19/h5-12,17-18H,4,13-16H2,1-3H3. The summed E-state index contributed by atoms with van der Waals surface area (Å²) in [6.45, 7) is 8.13. The smallest absolute Gasteiger partial charge is 0.246 e. The molecule has 34 heavy (non-hydrogen) atoms. The van der Waals surface area contributed by atoms with Crippen molar-refractivity contribution in [3.05, 3.63) is 65.2 Å². The zero-order chi connectivity index (χ0) is 24.3. The molecule has 1 saturated heterocycles. The second-order valence-corrected chi connectivity index (χ2v) is 10.8. The summed E-state index contributed by atoms with van der Waals surface area (Å²) >= 11 is 5.96. The minimum Gasteiger partial charge on any atom is -0.492 e. The molecule has 1 fully saturated rings. The molecule has 2 heterocycles. The summed E-state index contributed by atoms with van der Waals surface area (Å²) in [4.78, 5) is 2.29. The third-order valence-electron chi connectivity index (χ3n) is 5.91. The number of hydrogen-bond donors (Lipinski definition) is 0. The normalized spacial score (nSPS) is 15.0. The molecule has 0 saturated carbocycles. The lowest BCUT2D eigenvalue weighted by Crippen LogP contribution is -2.49. The highest BCUT2D eigenvalue weighted by atomic mass is 35.5. The number of aromatic nitrogens is 2. The lowest BCUT2D eigenvalue weighted by atomic mass is 10.0. The van der Waals surface area contributed by atoms with E-state index in [0.29, 0.717) is 43.6 Å². The van der Waals surface area contributed by atoms with Crippen molar-refractivity contribution in [1.29, 1.82) is 0 Å². The maximum Gasteiger partial charge on any atom is 0.246 e. The Kier molecular flexibility index (Phi) is 7.40. The lowest BCUT2D eigenvalue weighted by molar-refractivity contribution is 0.327. The molecule has 0 bridgehead atoms. The molecule has 0 spiro atoms. The molecule has 0 amide bonds. The summed E-state index contributed by atoms with van der Waals surface area (Å²) in [5.74, 6) is 1.35. The number of piperazine rings is 1. The van der Waals surface area contributed by atoms with Crippen molar-refractivity contribution < 1.29 is 13.2 Å². The molecular weight excluding hydrogens is 472 g/mol. The minimum atomic E-state index is -3.69. The number of anilines is 1. The van der Waals surface area contributed by atoms with Gasteiger partial charge in [-0.3, -0.25) is 0 Å². The topological polar surface area (TPSA) is 75.6 Å². The van der Waals surface area contributed by atoms with E-state index in [4.69, 9.17) is 16.3 Å². The second kappa shape index (κ2) is 10.3. The van der Waals surface area contributed by atoms with E-state index in [2.05, 4.69) is 15.1 Å². The van der Waals surface area contributed by atoms with Crippen LogP contribution in [0.25, 0.3) is 11.3 Å². The fourth-order valence-corrected chi connectivity index (χ4v) is 5.64. The van der Waals surface area contributed by atoms with Crippen LogP contribution in [0.15, 0.2) is 59.5 Å². The van der Waals surface area contributed by atoms with Gasteiger partial charge in [0.25, 0.3) is 0 Å². The predicted octanol–water partition coefficient (Wildman–Crippen LogP) is 4.83. The fourth-order valence-electron chi connectivity index (χ4n) is 3.93. The first-order valence-corrected chi connectivity index (χ1v) is 13.2. The Morgan fingerprint density at radius 3 is 2.26 bits per heavy atom. The Balaban J connectivity index is 1.48. The zero-order valence-electron chi connectivity index (χ0n) is 19.6. The van der Waals surface area contributed by atoms with Gasteiger partial charge in [-0.25, -0.2) is 8.42 Å². The van der Waals surface area contributed by atoms with Crippen LogP contribution < -0.4 is 9.64 Å². The number of hydrogen-bond acceptors (Lipinski definition) is 6. The van der Waals surface area contributed by atoms with E-state index in [1.807, 2.05) is 63.2 Å². The Morgan fingerprint density at radius 2 is 1.68 bits per heavy atom. The molecule has 0 N–H and O–H groups in total. The molecule has 4 rings (SSSR count). The van der Waals surface area contributed by atoms with Gasteiger partial charge in [0.15, 0.2) is 5.82 Å². The van der Waals surface area contributed by atoms with Crippen LogP contribution >= 0.6 is 11.6 Å². The molecule has 7 nitrogen and oxygen atoms in total. The van der Waals surface area contributed by atoms with Crippen molar-refractivity contribution >= 4 is 27.4 Å². The van der Waals surface area contributed by atoms with Crippen LogP contribution in [0, 0.1) is 0 Å². The molecule has 180 valence electrons. The van der Waals surface area contributed by atoms with Crippen molar-refractivity contribution in [2.45, 2.75) is 31.6 Å². The van der Waals surface area contributed by atoms with Crippen LogP contribution in [0.1, 0.15) is 32.3 Å². The van der Waals surface area contributed by atoms with E-state index in [9.17, 15) is 8.42 Å². The largest absolute Gasteiger partial charge is 0.492 e. The molecule has 9 heteroatoms. The second-order valence-electron chi connectivity index (χ2n) is 8.47. The Hall–Kier alpha value is -2.68. The fraction of sp³-hybridized carbons (Fsp3) is 0.360. The van der Waals surface area contributed by atoms with E-state index in [1.54, 1.807) is 12.1 Å². The van der Waals surface area contributed by atoms with Gasteiger partial charge in [0, 0.05) is 36.8 Å². The molecule has 1 aromatic heterocycles. The van der Waals surface area contributed by atoms with E-state index in [-0.39, 0.29) is 10.8 Å². The summed E-state index contributed by atoms with van der Waals surface area (Å²) in [7, 11) is -3.69.